The number of amides is 2. The zero-order valence-corrected chi connectivity index (χ0v) is 15.4. The Morgan fingerprint density at radius 2 is 1.85 bits per heavy atom. The molecule has 6 heteroatoms. The molecule has 1 aromatic carbocycles. The summed E-state index contributed by atoms with van der Waals surface area (Å²) in [5.74, 6) is 0.938. The van der Waals surface area contributed by atoms with E-state index in [2.05, 4.69) is 17.1 Å². The highest BCUT2D eigenvalue weighted by molar-refractivity contribution is 6.21. The second-order valence-electron chi connectivity index (χ2n) is 7.24. The molecule has 2 aliphatic rings. The van der Waals surface area contributed by atoms with E-state index in [-0.39, 0.29) is 24.3 Å². The third kappa shape index (κ3) is 3.45. The van der Waals surface area contributed by atoms with Crippen molar-refractivity contribution in [1.82, 2.24) is 4.98 Å². The van der Waals surface area contributed by atoms with Gasteiger partial charge in [0.15, 0.2) is 6.04 Å². The molecule has 0 unspecified atom stereocenters. The van der Waals surface area contributed by atoms with E-state index in [0.29, 0.717) is 17.4 Å². The molecular weight excluding hydrogens is 342 g/mol. The number of aromatic nitrogens is 1. The van der Waals surface area contributed by atoms with Crippen molar-refractivity contribution in [1.29, 1.82) is 0 Å². The van der Waals surface area contributed by atoms with E-state index in [1.807, 2.05) is 12.4 Å². The van der Waals surface area contributed by atoms with E-state index < -0.39 is 0 Å². The lowest BCUT2D eigenvalue weighted by Gasteiger charge is -2.32. The lowest BCUT2D eigenvalue weighted by molar-refractivity contribution is -0.920. The van der Waals surface area contributed by atoms with Crippen LogP contribution in [0.1, 0.15) is 30.7 Å². The third-order valence-corrected chi connectivity index (χ3v) is 5.76. The molecule has 2 amide bonds. The molecule has 3 heterocycles. The Hall–Kier alpha value is -2.73. The number of pyridine rings is 1. The number of carbonyl (C=O) groups excluding carboxylic acids is 2. The number of nitrogens with one attached hydrogen (secondary N) is 1. The summed E-state index contributed by atoms with van der Waals surface area (Å²) in [5, 5.41) is 0. The highest BCUT2D eigenvalue weighted by Crippen LogP contribution is 2.27. The summed E-state index contributed by atoms with van der Waals surface area (Å²) >= 11 is 0. The first-order valence-electron chi connectivity index (χ1n) is 9.42. The molecular formula is C21H24N3O3+. The van der Waals surface area contributed by atoms with Gasteiger partial charge >= 0.3 is 0 Å². The zero-order chi connectivity index (χ0) is 18.8. The average molecular weight is 366 g/mol. The first kappa shape index (κ1) is 17.7. The van der Waals surface area contributed by atoms with Crippen molar-refractivity contribution in [2.45, 2.75) is 31.2 Å². The van der Waals surface area contributed by atoms with Crippen molar-refractivity contribution in [3.63, 3.8) is 0 Å². The number of likely N-dealkylation sites (tertiary alicyclic amines) is 1. The van der Waals surface area contributed by atoms with Gasteiger partial charge in [0.05, 0.1) is 32.3 Å². The van der Waals surface area contributed by atoms with Gasteiger partial charge in [-0.25, -0.2) is 4.90 Å². The number of hydrogen-bond donors (Lipinski definition) is 1. The van der Waals surface area contributed by atoms with E-state index >= 15 is 0 Å². The molecule has 0 saturated carbocycles. The summed E-state index contributed by atoms with van der Waals surface area (Å²) < 4.78 is 5.22. The van der Waals surface area contributed by atoms with Gasteiger partial charge in [-0.15, -0.1) is 0 Å². The predicted molar refractivity (Wildman–Crippen MR) is 101 cm³/mol. The van der Waals surface area contributed by atoms with E-state index in [1.165, 1.54) is 15.4 Å². The molecule has 4 rings (SSSR count). The maximum absolute atomic E-state index is 13.0. The maximum atomic E-state index is 13.0. The van der Waals surface area contributed by atoms with Gasteiger partial charge in [0.1, 0.15) is 5.75 Å². The van der Waals surface area contributed by atoms with Crippen LogP contribution in [-0.4, -0.2) is 43.0 Å². The Labute approximate surface area is 158 Å². The molecule has 2 fully saturated rings. The number of nitrogens with zero attached hydrogens (tertiary/aromatic N) is 2. The normalized spacial score (nSPS) is 25.7. The molecule has 1 aromatic heterocycles. The molecule has 2 aliphatic heterocycles. The third-order valence-electron chi connectivity index (χ3n) is 5.76. The van der Waals surface area contributed by atoms with Crippen molar-refractivity contribution in [2.75, 3.05) is 25.1 Å². The molecule has 0 aliphatic carbocycles. The van der Waals surface area contributed by atoms with Crippen molar-refractivity contribution in [3.05, 3.63) is 54.4 Å². The minimum absolute atomic E-state index is 0.0920. The largest absolute Gasteiger partial charge is 0.497 e. The van der Waals surface area contributed by atoms with E-state index in [9.17, 15) is 9.59 Å². The van der Waals surface area contributed by atoms with Crippen LogP contribution in [0, 0.1) is 0 Å². The topological polar surface area (TPSA) is 63.9 Å². The Bertz CT molecular complexity index is 832. The molecule has 2 saturated heterocycles. The van der Waals surface area contributed by atoms with Gasteiger partial charge in [0.2, 0.25) is 5.91 Å². The number of rotatable bonds is 4. The molecule has 0 spiro atoms. The summed E-state index contributed by atoms with van der Waals surface area (Å²) in [6.45, 7) is 1.81. The molecule has 1 N–H and O–H groups in total. The predicted octanol–water partition coefficient (Wildman–Crippen LogP) is 1.18. The second kappa shape index (κ2) is 7.48. The Morgan fingerprint density at radius 1 is 1.11 bits per heavy atom. The first-order valence-corrected chi connectivity index (χ1v) is 9.42. The van der Waals surface area contributed by atoms with Gasteiger partial charge < -0.3 is 9.64 Å². The van der Waals surface area contributed by atoms with Crippen LogP contribution >= 0.6 is 0 Å². The molecule has 1 atom stereocenters. The quantitative estimate of drug-likeness (QED) is 0.826. The van der Waals surface area contributed by atoms with Crippen molar-refractivity contribution < 1.29 is 19.2 Å². The fourth-order valence-electron chi connectivity index (χ4n) is 4.28. The number of anilines is 1. The smallest absolute Gasteiger partial charge is 0.292 e. The highest BCUT2D eigenvalue weighted by Gasteiger charge is 2.46. The van der Waals surface area contributed by atoms with Crippen LogP contribution in [0.4, 0.5) is 5.69 Å². The van der Waals surface area contributed by atoms with Gasteiger partial charge in [-0.2, -0.15) is 0 Å². The molecule has 0 radical (unpaired) electrons. The van der Waals surface area contributed by atoms with Gasteiger partial charge in [-0.1, -0.05) is 6.07 Å². The number of piperidine rings is 1. The number of benzene rings is 1. The van der Waals surface area contributed by atoms with E-state index in [1.54, 1.807) is 31.4 Å². The summed E-state index contributed by atoms with van der Waals surface area (Å²) in [6, 6.07) is 11.0. The number of imide groups is 1. The minimum atomic E-state index is -0.276. The van der Waals surface area contributed by atoms with Crippen LogP contribution in [0.3, 0.4) is 0 Å². The molecule has 140 valence electrons. The average Bonchev–Trinajstić information content (AvgIpc) is 3.03. The van der Waals surface area contributed by atoms with Crippen molar-refractivity contribution >= 4 is 17.5 Å². The van der Waals surface area contributed by atoms with Crippen LogP contribution in [0.2, 0.25) is 0 Å². The SMILES string of the molecule is COc1cccc(N2C(=O)C[C@H]([NH+]3CCC(c4ccncc4)CC3)C2=O)c1. The van der Waals surface area contributed by atoms with Crippen LogP contribution in [0.25, 0.3) is 0 Å². The summed E-state index contributed by atoms with van der Waals surface area (Å²) in [6.07, 6.45) is 6.00. The first-order chi connectivity index (χ1) is 13.2. The van der Waals surface area contributed by atoms with Crippen molar-refractivity contribution in [3.8, 4) is 5.75 Å². The Balaban J connectivity index is 1.45. The van der Waals surface area contributed by atoms with Gasteiger partial charge in [0.25, 0.3) is 5.91 Å². The monoisotopic (exact) mass is 366 g/mol. The fraction of sp³-hybridized carbons (Fsp3) is 0.381. The molecule has 27 heavy (non-hydrogen) atoms. The number of carbonyl (C=O) groups is 2. The maximum Gasteiger partial charge on any atom is 0.292 e. The Morgan fingerprint density at radius 3 is 2.56 bits per heavy atom. The number of hydrogen-bond acceptors (Lipinski definition) is 4. The summed E-state index contributed by atoms with van der Waals surface area (Å²) in [5.41, 5.74) is 1.91. The highest BCUT2D eigenvalue weighted by atomic mass is 16.5. The van der Waals surface area contributed by atoms with E-state index in [4.69, 9.17) is 4.74 Å². The van der Waals surface area contributed by atoms with Gasteiger partial charge in [-0.3, -0.25) is 14.6 Å². The fourth-order valence-corrected chi connectivity index (χ4v) is 4.28. The van der Waals surface area contributed by atoms with Crippen LogP contribution < -0.4 is 14.5 Å². The zero-order valence-electron chi connectivity index (χ0n) is 15.4. The van der Waals surface area contributed by atoms with Crippen molar-refractivity contribution in [2.24, 2.45) is 0 Å². The lowest BCUT2D eigenvalue weighted by Crippen LogP contribution is -3.17. The van der Waals surface area contributed by atoms with E-state index in [0.717, 1.165) is 25.9 Å². The number of quaternary nitrogens is 1. The van der Waals surface area contributed by atoms with Crippen LogP contribution in [-0.2, 0) is 9.59 Å². The summed E-state index contributed by atoms with van der Waals surface area (Å²) in [4.78, 5) is 32.2. The minimum Gasteiger partial charge on any atom is -0.497 e. The summed E-state index contributed by atoms with van der Waals surface area (Å²) in [7, 11) is 1.58. The number of ether oxygens (including phenoxy) is 1. The number of methoxy groups -OCH3 is 1. The second-order valence-corrected chi connectivity index (χ2v) is 7.24. The van der Waals surface area contributed by atoms with Gasteiger partial charge in [-0.05, 0) is 35.7 Å². The van der Waals surface area contributed by atoms with Gasteiger partial charge in [0, 0.05) is 31.3 Å². The molecule has 0 bridgehead atoms. The van der Waals surface area contributed by atoms with Crippen LogP contribution in [0.15, 0.2) is 48.8 Å². The standard InChI is InChI=1S/C21H23N3O3/c1-27-18-4-2-3-17(13-18)24-20(25)14-19(21(24)26)23-11-7-16(8-12-23)15-5-9-22-10-6-15/h2-6,9-10,13,16,19H,7-8,11-12,14H2,1H3/p+1/t19-/m0/s1. The van der Waals surface area contributed by atoms with Crippen LogP contribution in [0.5, 0.6) is 5.75 Å². The Kier molecular flexibility index (Phi) is 4.90. The lowest BCUT2D eigenvalue weighted by atomic mass is 9.89. The molecule has 2 aromatic rings. The molecule has 6 nitrogen and oxygen atoms in total.